The fraction of sp³-hybridized carbons (Fsp3) is 0.263. The minimum Gasteiger partial charge on any atom is -0.338 e. The maximum absolute atomic E-state index is 12.8. The Kier molecular flexibility index (Phi) is 5.41. The summed E-state index contributed by atoms with van der Waals surface area (Å²) in [6.45, 7) is 0.565. The van der Waals surface area contributed by atoms with Crippen LogP contribution in [0.15, 0.2) is 48.5 Å². The lowest BCUT2D eigenvalue weighted by atomic mass is 10.1. The van der Waals surface area contributed by atoms with Gasteiger partial charge in [-0.2, -0.15) is 13.2 Å². The molecule has 0 aromatic heterocycles. The molecule has 2 aromatic carbocycles. The average Bonchev–Trinajstić information content (AvgIpc) is 2.97. The molecule has 2 aromatic rings. The van der Waals surface area contributed by atoms with E-state index in [-0.39, 0.29) is 24.6 Å². The quantitative estimate of drug-likeness (QED) is 0.835. The Balaban J connectivity index is 1.63. The Labute approximate surface area is 158 Å². The van der Waals surface area contributed by atoms with Gasteiger partial charge in [0.2, 0.25) is 11.8 Å². The number of hydrogen-bond donors (Lipinski definition) is 1. The van der Waals surface area contributed by atoms with Crippen molar-refractivity contribution in [3.8, 4) is 0 Å². The number of alkyl halides is 3. The number of likely N-dealkylation sites (tertiary alicyclic amines) is 1. The molecular weight excluding hydrogens is 381 g/mol. The Hall–Kier alpha value is -2.54. The first kappa shape index (κ1) is 19.2. The number of nitrogens with one attached hydrogen (secondary N) is 1. The van der Waals surface area contributed by atoms with Crippen LogP contribution in [0.5, 0.6) is 0 Å². The van der Waals surface area contributed by atoms with Crippen molar-refractivity contribution < 1.29 is 22.8 Å². The molecule has 1 saturated heterocycles. The van der Waals surface area contributed by atoms with Crippen LogP contribution in [-0.2, 0) is 22.3 Å². The molecule has 1 aliphatic rings. The highest BCUT2D eigenvalue weighted by atomic mass is 35.5. The molecule has 0 bridgehead atoms. The monoisotopic (exact) mass is 396 g/mol. The van der Waals surface area contributed by atoms with Crippen LogP contribution in [0, 0.1) is 5.92 Å². The van der Waals surface area contributed by atoms with E-state index < -0.39 is 23.6 Å². The second-order valence-electron chi connectivity index (χ2n) is 6.37. The molecule has 0 aliphatic carbocycles. The highest BCUT2D eigenvalue weighted by molar-refractivity contribution is 6.30. The first-order valence-corrected chi connectivity index (χ1v) is 8.60. The smallest absolute Gasteiger partial charge is 0.338 e. The molecule has 27 heavy (non-hydrogen) atoms. The normalized spacial score (nSPS) is 17.3. The van der Waals surface area contributed by atoms with Crippen LogP contribution in [0.4, 0.5) is 18.9 Å². The molecule has 0 spiro atoms. The van der Waals surface area contributed by atoms with Crippen molar-refractivity contribution in [2.75, 3.05) is 11.9 Å². The third-order valence-corrected chi connectivity index (χ3v) is 4.58. The summed E-state index contributed by atoms with van der Waals surface area (Å²) in [4.78, 5) is 26.1. The zero-order chi connectivity index (χ0) is 19.6. The van der Waals surface area contributed by atoms with Crippen molar-refractivity contribution in [2.24, 2.45) is 5.92 Å². The van der Waals surface area contributed by atoms with Crippen molar-refractivity contribution in [1.29, 1.82) is 0 Å². The second-order valence-corrected chi connectivity index (χ2v) is 6.81. The van der Waals surface area contributed by atoms with Crippen molar-refractivity contribution >= 4 is 29.1 Å². The number of nitrogens with zero attached hydrogens (tertiary/aromatic N) is 1. The number of carbonyl (C=O) groups is 2. The van der Waals surface area contributed by atoms with Gasteiger partial charge in [0.1, 0.15) is 0 Å². The molecule has 0 saturated carbocycles. The molecular formula is C19H16ClF3N2O2. The van der Waals surface area contributed by atoms with Crippen molar-refractivity contribution in [3.63, 3.8) is 0 Å². The molecule has 1 N–H and O–H groups in total. The number of benzene rings is 2. The minimum absolute atomic E-state index is 0.0262. The highest BCUT2D eigenvalue weighted by Gasteiger charge is 2.35. The topological polar surface area (TPSA) is 49.4 Å². The van der Waals surface area contributed by atoms with Gasteiger partial charge in [0, 0.05) is 30.2 Å². The summed E-state index contributed by atoms with van der Waals surface area (Å²) in [6, 6.07) is 11.4. The van der Waals surface area contributed by atoms with E-state index in [1.165, 1.54) is 12.1 Å². The molecule has 1 aliphatic heterocycles. The van der Waals surface area contributed by atoms with E-state index in [9.17, 15) is 22.8 Å². The van der Waals surface area contributed by atoms with Crippen molar-refractivity contribution in [1.82, 2.24) is 4.90 Å². The number of anilines is 1. The van der Waals surface area contributed by atoms with Gasteiger partial charge in [-0.1, -0.05) is 29.8 Å². The third kappa shape index (κ3) is 4.80. The summed E-state index contributed by atoms with van der Waals surface area (Å²) in [6.07, 6.45) is -4.46. The molecule has 4 nitrogen and oxygen atoms in total. The van der Waals surface area contributed by atoms with E-state index in [1.807, 2.05) is 0 Å². The van der Waals surface area contributed by atoms with E-state index >= 15 is 0 Å². The van der Waals surface area contributed by atoms with Gasteiger partial charge in [0.05, 0.1) is 11.5 Å². The summed E-state index contributed by atoms with van der Waals surface area (Å²) in [5, 5.41) is 3.06. The Bertz CT molecular complexity index is 853. The van der Waals surface area contributed by atoms with Crippen LogP contribution < -0.4 is 5.32 Å². The van der Waals surface area contributed by atoms with E-state index in [0.29, 0.717) is 11.6 Å². The van der Waals surface area contributed by atoms with Gasteiger partial charge < -0.3 is 10.2 Å². The lowest BCUT2D eigenvalue weighted by molar-refractivity contribution is -0.137. The van der Waals surface area contributed by atoms with Gasteiger partial charge in [-0.05, 0) is 35.9 Å². The highest BCUT2D eigenvalue weighted by Crippen LogP contribution is 2.31. The molecule has 0 radical (unpaired) electrons. The predicted octanol–water partition coefficient (Wildman–Crippen LogP) is 4.35. The van der Waals surface area contributed by atoms with Crippen LogP contribution >= 0.6 is 11.6 Å². The lowest BCUT2D eigenvalue weighted by Gasteiger charge is -2.17. The summed E-state index contributed by atoms with van der Waals surface area (Å²) < 4.78 is 38.3. The lowest BCUT2D eigenvalue weighted by Crippen LogP contribution is -2.28. The Morgan fingerprint density at radius 3 is 2.56 bits per heavy atom. The van der Waals surface area contributed by atoms with Gasteiger partial charge in [-0.3, -0.25) is 9.59 Å². The van der Waals surface area contributed by atoms with Gasteiger partial charge >= 0.3 is 6.18 Å². The fourth-order valence-corrected chi connectivity index (χ4v) is 3.05. The number of halogens is 4. The van der Waals surface area contributed by atoms with Crippen LogP contribution in [0.1, 0.15) is 17.5 Å². The summed E-state index contributed by atoms with van der Waals surface area (Å²) in [5.41, 5.74) is 0.0947. The molecule has 3 rings (SSSR count). The SMILES string of the molecule is O=C(Nc1cccc(C(F)(F)F)c1)C1CC(=O)N(Cc2ccc(Cl)cc2)C1. The van der Waals surface area contributed by atoms with Crippen LogP contribution in [0.2, 0.25) is 5.02 Å². The Morgan fingerprint density at radius 2 is 1.89 bits per heavy atom. The standard InChI is InChI=1S/C19H16ClF3N2O2/c20-15-6-4-12(5-7-15)10-25-11-13(8-17(25)26)18(27)24-16-3-1-2-14(9-16)19(21,22)23/h1-7,9,13H,8,10-11H2,(H,24,27). The zero-order valence-electron chi connectivity index (χ0n) is 14.1. The van der Waals surface area contributed by atoms with Gasteiger partial charge in [0.15, 0.2) is 0 Å². The number of rotatable bonds is 4. The molecule has 8 heteroatoms. The first-order valence-electron chi connectivity index (χ1n) is 8.23. The Morgan fingerprint density at radius 1 is 1.19 bits per heavy atom. The molecule has 1 unspecified atom stereocenters. The predicted molar refractivity (Wildman–Crippen MR) is 95.0 cm³/mol. The van der Waals surface area contributed by atoms with Gasteiger partial charge in [-0.15, -0.1) is 0 Å². The van der Waals surface area contributed by atoms with Crippen LogP contribution in [0.25, 0.3) is 0 Å². The van der Waals surface area contributed by atoms with Crippen molar-refractivity contribution in [2.45, 2.75) is 19.1 Å². The van der Waals surface area contributed by atoms with Crippen LogP contribution in [0.3, 0.4) is 0 Å². The van der Waals surface area contributed by atoms with E-state index in [2.05, 4.69) is 5.32 Å². The molecule has 1 fully saturated rings. The second kappa shape index (κ2) is 7.60. The van der Waals surface area contributed by atoms with Gasteiger partial charge in [-0.25, -0.2) is 0 Å². The fourth-order valence-electron chi connectivity index (χ4n) is 2.93. The minimum atomic E-state index is -4.49. The average molecular weight is 397 g/mol. The maximum Gasteiger partial charge on any atom is 0.416 e. The number of carbonyl (C=O) groups excluding carboxylic acids is 2. The summed E-state index contributed by atoms with van der Waals surface area (Å²) in [5.74, 6) is -1.25. The van der Waals surface area contributed by atoms with E-state index in [4.69, 9.17) is 11.6 Å². The van der Waals surface area contributed by atoms with Gasteiger partial charge in [0.25, 0.3) is 0 Å². The molecule has 142 valence electrons. The van der Waals surface area contributed by atoms with Crippen LogP contribution in [-0.4, -0.2) is 23.3 Å². The first-order chi connectivity index (χ1) is 12.7. The maximum atomic E-state index is 12.8. The molecule has 1 heterocycles. The van der Waals surface area contributed by atoms with E-state index in [0.717, 1.165) is 17.7 Å². The zero-order valence-corrected chi connectivity index (χ0v) is 14.8. The molecule has 1 atom stereocenters. The largest absolute Gasteiger partial charge is 0.416 e. The number of hydrogen-bond acceptors (Lipinski definition) is 2. The summed E-state index contributed by atoms with van der Waals surface area (Å²) in [7, 11) is 0. The van der Waals surface area contributed by atoms with E-state index in [1.54, 1.807) is 29.2 Å². The molecule has 2 amide bonds. The van der Waals surface area contributed by atoms with Crippen molar-refractivity contribution in [3.05, 3.63) is 64.7 Å². The summed E-state index contributed by atoms with van der Waals surface area (Å²) >= 11 is 5.83. The third-order valence-electron chi connectivity index (χ3n) is 4.33. The number of amides is 2.